The Morgan fingerprint density at radius 2 is 1.89 bits per heavy atom. The number of carboxylic acid groups (broad SMARTS) is 1. The Bertz CT molecular complexity index is 336. The van der Waals surface area contributed by atoms with Crippen molar-refractivity contribution in [2.24, 2.45) is 5.92 Å². The molecule has 0 aromatic rings. The van der Waals surface area contributed by atoms with Crippen molar-refractivity contribution in [3.8, 4) is 0 Å². The minimum atomic E-state index is -0.814. The van der Waals surface area contributed by atoms with E-state index in [0.29, 0.717) is 13.1 Å². The quantitative estimate of drug-likeness (QED) is 0.783. The first-order valence-corrected chi connectivity index (χ1v) is 7.07. The summed E-state index contributed by atoms with van der Waals surface area (Å²) in [6.07, 6.45) is 3.79. The Morgan fingerprint density at radius 3 is 2.47 bits per heavy atom. The van der Waals surface area contributed by atoms with Crippen LogP contribution in [-0.4, -0.2) is 65.7 Å². The van der Waals surface area contributed by atoms with Crippen LogP contribution in [-0.2, 0) is 4.79 Å². The molecule has 2 amide bonds. The molecule has 0 spiro atoms. The van der Waals surface area contributed by atoms with E-state index in [1.54, 1.807) is 4.90 Å². The Kier molecular flexibility index (Phi) is 4.63. The molecule has 19 heavy (non-hydrogen) atoms. The monoisotopic (exact) mass is 269 g/mol. The van der Waals surface area contributed by atoms with Gasteiger partial charge in [0.2, 0.25) is 0 Å². The maximum absolute atomic E-state index is 11.8. The van der Waals surface area contributed by atoms with Crippen molar-refractivity contribution in [3.63, 3.8) is 0 Å². The van der Waals surface area contributed by atoms with E-state index in [0.717, 1.165) is 19.6 Å². The average Bonchev–Trinajstić information content (AvgIpc) is 2.27. The van der Waals surface area contributed by atoms with Gasteiger partial charge in [-0.05, 0) is 32.9 Å². The number of carbonyl (C=O) groups is 2. The molecule has 2 N–H and O–H groups in total. The van der Waals surface area contributed by atoms with Crippen LogP contribution >= 0.6 is 0 Å². The molecule has 1 atom stereocenters. The number of nitrogens with one attached hydrogen (secondary N) is 1. The largest absolute Gasteiger partial charge is 0.481 e. The van der Waals surface area contributed by atoms with Crippen molar-refractivity contribution in [1.82, 2.24) is 15.1 Å². The van der Waals surface area contributed by atoms with E-state index >= 15 is 0 Å². The third-order valence-electron chi connectivity index (χ3n) is 3.87. The molecule has 0 aromatic carbocycles. The van der Waals surface area contributed by atoms with Crippen molar-refractivity contribution in [1.29, 1.82) is 0 Å². The zero-order valence-corrected chi connectivity index (χ0v) is 11.5. The van der Waals surface area contributed by atoms with Crippen LogP contribution in [0.25, 0.3) is 0 Å². The third kappa shape index (κ3) is 3.83. The van der Waals surface area contributed by atoms with E-state index in [1.807, 2.05) is 6.92 Å². The molecule has 2 saturated heterocycles. The second-order valence-electron chi connectivity index (χ2n) is 5.65. The Labute approximate surface area is 113 Å². The van der Waals surface area contributed by atoms with Gasteiger partial charge in [0.1, 0.15) is 0 Å². The van der Waals surface area contributed by atoms with Crippen LogP contribution in [0.2, 0.25) is 0 Å². The van der Waals surface area contributed by atoms with E-state index in [9.17, 15) is 9.59 Å². The number of hydrogen-bond donors (Lipinski definition) is 2. The molecule has 2 aliphatic heterocycles. The number of nitrogens with zero attached hydrogens (tertiary/aromatic N) is 2. The smallest absolute Gasteiger partial charge is 0.317 e. The van der Waals surface area contributed by atoms with Crippen LogP contribution in [0.15, 0.2) is 0 Å². The van der Waals surface area contributed by atoms with Crippen molar-refractivity contribution < 1.29 is 14.7 Å². The van der Waals surface area contributed by atoms with Gasteiger partial charge in [-0.15, -0.1) is 0 Å². The number of carbonyl (C=O) groups excluding carboxylic acids is 1. The highest BCUT2D eigenvalue weighted by molar-refractivity contribution is 5.79. The lowest BCUT2D eigenvalue weighted by molar-refractivity contribution is -0.146. The number of piperidine rings is 1. The molecule has 108 valence electrons. The van der Waals surface area contributed by atoms with E-state index in [-0.39, 0.29) is 18.0 Å². The summed E-state index contributed by atoms with van der Waals surface area (Å²) in [4.78, 5) is 26.5. The molecular weight excluding hydrogens is 246 g/mol. The topological polar surface area (TPSA) is 72.9 Å². The van der Waals surface area contributed by atoms with Crippen LogP contribution in [0.5, 0.6) is 0 Å². The summed E-state index contributed by atoms with van der Waals surface area (Å²) in [5.74, 6) is -1.20. The molecular formula is C13H23N3O3. The molecule has 2 aliphatic rings. The first-order valence-electron chi connectivity index (χ1n) is 7.07. The first-order chi connectivity index (χ1) is 9.06. The highest BCUT2D eigenvalue weighted by atomic mass is 16.4. The average molecular weight is 269 g/mol. The number of likely N-dealkylation sites (tertiary alicyclic amines) is 2. The van der Waals surface area contributed by atoms with Crippen LogP contribution in [0.4, 0.5) is 4.79 Å². The van der Waals surface area contributed by atoms with Gasteiger partial charge in [0.25, 0.3) is 0 Å². The Morgan fingerprint density at radius 1 is 1.26 bits per heavy atom. The zero-order chi connectivity index (χ0) is 13.8. The van der Waals surface area contributed by atoms with E-state index in [2.05, 4.69) is 10.2 Å². The summed E-state index contributed by atoms with van der Waals surface area (Å²) in [5.41, 5.74) is 0. The van der Waals surface area contributed by atoms with E-state index in [4.69, 9.17) is 5.11 Å². The van der Waals surface area contributed by atoms with E-state index < -0.39 is 5.97 Å². The molecule has 6 nitrogen and oxygen atoms in total. The van der Waals surface area contributed by atoms with Gasteiger partial charge < -0.3 is 20.2 Å². The lowest BCUT2D eigenvalue weighted by Gasteiger charge is -2.38. The Hall–Kier alpha value is -1.30. The highest BCUT2D eigenvalue weighted by Crippen LogP contribution is 2.15. The predicted octanol–water partition coefficient (Wildman–Crippen LogP) is 0.587. The van der Waals surface area contributed by atoms with Crippen molar-refractivity contribution >= 4 is 12.0 Å². The number of amides is 2. The van der Waals surface area contributed by atoms with Gasteiger partial charge in [-0.1, -0.05) is 6.42 Å². The molecule has 2 fully saturated rings. The van der Waals surface area contributed by atoms with Crippen LogP contribution in [0.1, 0.15) is 26.2 Å². The van der Waals surface area contributed by atoms with Gasteiger partial charge in [0, 0.05) is 25.7 Å². The van der Waals surface area contributed by atoms with Gasteiger partial charge >= 0.3 is 12.0 Å². The van der Waals surface area contributed by atoms with Gasteiger partial charge in [-0.2, -0.15) is 0 Å². The summed E-state index contributed by atoms with van der Waals surface area (Å²) >= 11 is 0. The Balaban J connectivity index is 1.66. The number of hydrogen-bond acceptors (Lipinski definition) is 3. The summed E-state index contributed by atoms with van der Waals surface area (Å²) < 4.78 is 0. The molecule has 2 rings (SSSR count). The minimum Gasteiger partial charge on any atom is -0.481 e. The van der Waals surface area contributed by atoms with Gasteiger partial charge in [0.15, 0.2) is 0 Å². The summed E-state index contributed by atoms with van der Waals surface area (Å²) in [6.45, 7) is 5.77. The van der Waals surface area contributed by atoms with Crippen LogP contribution in [0, 0.1) is 5.92 Å². The predicted molar refractivity (Wildman–Crippen MR) is 71.0 cm³/mol. The van der Waals surface area contributed by atoms with Gasteiger partial charge in [-0.25, -0.2) is 4.79 Å². The fourth-order valence-corrected chi connectivity index (χ4v) is 2.68. The molecule has 1 unspecified atom stereocenters. The fourth-order valence-electron chi connectivity index (χ4n) is 2.68. The van der Waals surface area contributed by atoms with Crippen molar-refractivity contribution in [3.05, 3.63) is 0 Å². The third-order valence-corrected chi connectivity index (χ3v) is 3.87. The zero-order valence-electron chi connectivity index (χ0n) is 11.5. The number of carboxylic acids is 1. The molecule has 0 aliphatic carbocycles. The lowest BCUT2D eigenvalue weighted by Crippen LogP contribution is -2.58. The minimum absolute atomic E-state index is 0.106. The molecule has 6 heteroatoms. The van der Waals surface area contributed by atoms with Crippen LogP contribution < -0.4 is 5.32 Å². The molecule has 0 saturated carbocycles. The van der Waals surface area contributed by atoms with Gasteiger partial charge in [0.05, 0.1) is 5.92 Å². The second-order valence-corrected chi connectivity index (χ2v) is 5.65. The normalized spacial score (nSPS) is 22.7. The van der Waals surface area contributed by atoms with Crippen molar-refractivity contribution in [2.75, 3.05) is 32.7 Å². The highest BCUT2D eigenvalue weighted by Gasteiger charge is 2.35. The maximum Gasteiger partial charge on any atom is 0.317 e. The molecule has 0 aromatic heterocycles. The summed E-state index contributed by atoms with van der Waals surface area (Å²) in [7, 11) is 0. The van der Waals surface area contributed by atoms with Crippen LogP contribution in [0.3, 0.4) is 0 Å². The number of urea groups is 1. The molecule has 0 bridgehead atoms. The molecule has 0 radical (unpaired) electrons. The SMILES string of the molecule is CC(CN1CCCCC1)NC(=O)N1CC(C(=O)O)C1. The second kappa shape index (κ2) is 6.23. The maximum atomic E-state index is 11.8. The standard InChI is InChI=1S/C13H23N3O3/c1-10(7-15-5-3-2-4-6-15)14-13(19)16-8-11(9-16)12(17)18/h10-11H,2-9H2,1H3,(H,14,19)(H,17,18). The molecule has 2 heterocycles. The van der Waals surface area contributed by atoms with Gasteiger partial charge in [-0.3, -0.25) is 4.79 Å². The van der Waals surface area contributed by atoms with Crippen molar-refractivity contribution in [2.45, 2.75) is 32.2 Å². The number of rotatable bonds is 4. The summed E-state index contributed by atoms with van der Waals surface area (Å²) in [6, 6.07) is -0.0310. The lowest BCUT2D eigenvalue weighted by atomic mass is 10.0. The summed E-state index contributed by atoms with van der Waals surface area (Å²) in [5, 5.41) is 11.7. The first kappa shape index (κ1) is 14.1. The number of aliphatic carboxylic acids is 1. The van der Waals surface area contributed by atoms with E-state index in [1.165, 1.54) is 19.3 Å². The fraction of sp³-hybridized carbons (Fsp3) is 0.846.